The molecule has 0 unspecified atom stereocenters. The van der Waals surface area contributed by atoms with Crippen molar-refractivity contribution in [3.8, 4) is 5.88 Å². The number of nitrogens with zero attached hydrogens (tertiary/aromatic N) is 4. The number of carbonyl (C=O) groups excluding carboxylic acids is 1. The second kappa shape index (κ2) is 7.81. The first-order valence-corrected chi connectivity index (χ1v) is 9.16. The molecule has 0 spiro atoms. The van der Waals surface area contributed by atoms with Crippen LogP contribution in [0.5, 0.6) is 5.88 Å². The van der Waals surface area contributed by atoms with Crippen molar-refractivity contribution in [3.63, 3.8) is 0 Å². The van der Waals surface area contributed by atoms with Gasteiger partial charge in [-0.25, -0.2) is 4.98 Å². The molecule has 2 aromatic heterocycles. The van der Waals surface area contributed by atoms with Gasteiger partial charge in [-0.05, 0) is 51.3 Å². The Hall–Kier alpha value is -2.58. The van der Waals surface area contributed by atoms with E-state index in [0.29, 0.717) is 18.1 Å². The van der Waals surface area contributed by atoms with Gasteiger partial charge in [0.05, 0.1) is 6.10 Å². The number of hydrogen-bond donors (Lipinski definition) is 0. The van der Waals surface area contributed by atoms with Crippen molar-refractivity contribution in [2.45, 2.75) is 65.0 Å². The molecule has 0 aliphatic heterocycles. The number of rotatable bonds is 7. The highest BCUT2D eigenvalue weighted by atomic mass is 19.4. The Morgan fingerprint density at radius 3 is 2.64 bits per heavy atom. The molecule has 1 amide bonds. The van der Waals surface area contributed by atoms with Crippen molar-refractivity contribution in [1.29, 1.82) is 0 Å². The van der Waals surface area contributed by atoms with Crippen LogP contribution in [-0.2, 0) is 24.1 Å². The SMILES string of the molecule is Cc1cc(C(F)(F)F)nn1CC(=O)N(Cc1ccnc(OC(C)C)c1)C1CC1. The Balaban J connectivity index is 1.73. The number of aryl methyl sites for hydroxylation is 1. The van der Waals surface area contributed by atoms with Gasteiger partial charge in [0.1, 0.15) is 6.54 Å². The van der Waals surface area contributed by atoms with Crippen molar-refractivity contribution >= 4 is 5.91 Å². The monoisotopic (exact) mass is 396 g/mol. The number of hydrogen-bond acceptors (Lipinski definition) is 4. The van der Waals surface area contributed by atoms with Gasteiger partial charge >= 0.3 is 6.18 Å². The highest BCUT2D eigenvalue weighted by molar-refractivity contribution is 5.76. The van der Waals surface area contributed by atoms with Gasteiger partial charge in [0, 0.05) is 30.5 Å². The van der Waals surface area contributed by atoms with E-state index >= 15 is 0 Å². The van der Waals surface area contributed by atoms with E-state index in [2.05, 4.69) is 10.1 Å². The summed E-state index contributed by atoms with van der Waals surface area (Å²) in [5, 5.41) is 3.55. The average Bonchev–Trinajstić information content (AvgIpc) is 3.35. The second-order valence-electron chi connectivity index (χ2n) is 7.25. The summed E-state index contributed by atoms with van der Waals surface area (Å²) in [5.41, 5.74) is 0.174. The maximum atomic E-state index is 12.8. The number of aromatic nitrogens is 3. The normalized spacial score (nSPS) is 14.4. The molecule has 1 aliphatic rings. The lowest BCUT2D eigenvalue weighted by Crippen LogP contribution is -2.35. The Labute approximate surface area is 161 Å². The van der Waals surface area contributed by atoms with Crippen LogP contribution in [0.2, 0.25) is 0 Å². The molecule has 0 aromatic carbocycles. The fraction of sp³-hybridized carbons (Fsp3) is 0.526. The Bertz CT molecular complexity index is 844. The molecule has 9 heteroatoms. The van der Waals surface area contributed by atoms with E-state index in [1.165, 1.54) is 6.92 Å². The standard InChI is InChI=1S/C19H23F3N4O2/c1-12(2)28-17-9-14(6-7-23-17)10-25(15-4-5-15)18(27)11-26-13(3)8-16(24-26)19(20,21)22/h6-9,12,15H,4-5,10-11H2,1-3H3. The number of pyridine rings is 1. The number of alkyl halides is 3. The number of halogens is 3. The Morgan fingerprint density at radius 1 is 1.36 bits per heavy atom. The van der Waals surface area contributed by atoms with Crippen molar-refractivity contribution < 1.29 is 22.7 Å². The van der Waals surface area contributed by atoms with Crippen LogP contribution in [0.25, 0.3) is 0 Å². The predicted octanol–water partition coefficient (Wildman–Crippen LogP) is 3.58. The summed E-state index contributed by atoms with van der Waals surface area (Å²) in [7, 11) is 0. The second-order valence-corrected chi connectivity index (χ2v) is 7.25. The van der Waals surface area contributed by atoms with Crippen LogP contribution in [0.1, 0.15) is 43.6 Å². The first-order chi connectivity index (χ1) is 13.1. The van der Waals surface area contributed by atoms with Crippen LogP contribution < -0.4 is 4.74 Å². The molecule has 0 bridgehead atoms. The topological polar surface area (TPSA) is 60.2 Å². The molecule has 2 aromatic rings. The van der Waals surface area contributed by atoms with Crippen LogP contribution in [0, 0.1) is 6.92 Å². The third kappa shape index (κ3) is 5.02. The zero-order chi connectivity index (χ0) is 20.5. The smallest absolute Gasteiger partial charge is 0.435 e. The maximum Gasteiger partial charge on any atom is 0.435 e. The molecule has 6 nitrogen and oxygen atoms in total. The third-order valence-electron chi connectivity index (χ3n) is 4.37. The molecule has 2 heterocycles. The lowest BCUT2D eigenvalue weighted by Gasteiger charge is -2.23. The Morgan fingerprint density at radius 2 is 2.07 bits per heavy atom. The first kappa shape index (κ1) is 20.2. The number of ether oxygens (including phenoxy) is 1. The summed E-state index contributed by atoms with van der Waals surface area (Å²) < 4.78 is 45.2. The van der Waals surface area contributed by atoms with E-state index in [1.54, 1.807) is 23.2 Å². The summed E-state index contributed by atoms with van der Waals surface area (Å²) in [4.78, 5) is 18.7. The molecule has 28 heavy (non-hydrogen) atoms. The van der Waals surface area contributed by atoms with E-state index in [4.69, 9.17) is 4.74 Å². The van der Waals surface area contributed by atoms with Gasteiger partial charge in [-0.3, -0.25) is 9.48 Å². The largest absolute Gasteiger partial charge is 0.475 e. The van der Waals surface area contributed by atoms with Crippen molar-refractivity contribution in [1.82, 2.24) is 19.7 Å². The van der Waals surface area contributed by atoms with E-state index in [-0.39, 0.29) is 24.6 Å². The van der Waals surface area contributed by atoms with E-state index < -0.39 is 11.9 Å². The zero-order valence-corrected chi connectivity index (χ0v) is 16.0. The maximum absolute atomic E-state index is 12.8. The fourth-order valence-corrected chi connectivity index (χ4v) is 2.89. The minimum Gasteiger partial charge on any atom is -0.475 e. The predicted molar refractivity (Wildman–Crippen MR) is 95.5 cm³/mol. The van der Waals surface area contributed by atoms with Crippen molar-refractivity contribution in [3.05, 3.63) is 41.3 Å². The van der Waals surface area contributed by atoms with Gasteiger partial charge in [0.25, 0.3) is 0 Å². The molecule has 1 fully saturated rings. The fourth-order valence-electron chi connectivity index (χ4n) is 2.89. The molecule has 1 saturated carbocycles. The van der Waals surface area contributed by atoms with Gasteiger partial charge < -0.3 is 9.64 Å². The molecule has 152 valence electrons. The number of amides is 1. The highest BCUT2D eigenvalue weighted by Crippen LogP contribution is 2.30. The molecule has 1 aliphatic carbocycles. The molecule has 0 atom stereocenters. The molecule has 0 saturated heterocycles. The van der Waals surface area contributed by atoms with Crippen LogP contribution in [0.3, 0.4) is 0 Å². The van der Waals surface area contributed by atoms with Crippen LogP contribution >= 0.6 is 0 Å². The first-order valence-electron chi connectivity index (χ1n) is 9.16. The van der Waals surface area contributed by atoms with E-state index in [1.807, 2.05) is 13.8 Å². The lowest BCUT2D eigenvalue weighted by atomic mass is 10.2. The summed E-state index contributed by atoms with van der Waals surface area (Å²) in [6.45, 7) is 5.44. The van der Waals surface area contributed by atoms with E-state index in [9.17, 15) is 18.0 Å². The van der Waals surface area contributed by atoms with Crippen LogP contribution in [0.15, 0.2) is 24.4 Å². The van der Waals surface area contributed by atoms with E-state index in [0.717, 1.165) is 29.2 Å². The number of carbonyl (C=O) groups is 1. The van der Waals surface area contributed by atoms with Gasteiger partial charge in [-0.1, -0.05) is 0 Å². The zero-order valence-electron chi connectivity index (χ0n) is 16.0. The summed E-state index contributed by atoms with van der Waals surface area (Å²) in [5.74, 6) is 0.221. The summed E-state index contributed by atoms with van der Waals surface area (Å²) in [6, 6.07) is 4.64. The van der Waals surface area contributed by atoms with Gasteiger partial charge in [-0.2, -0.15) is 18.3 Å². The summed E-state index contributed by atoms with van der Waals surface area (Å²) in [6.07, 6.45) is -1.15. The average molecular weight is 396 g/mol. The molecule has 0 N–H and O–H groups in total. The minimum absolute atomic E-state index is 0.0189. The quantitative estimate of drug-likeness (QED) is 0.718. The lowest BCUT2D eigenvalue weighted by molar-refractivity contribution is -0.142. The van der Waals surface area contributed by atoms with Crippen LogP contribution in [0.4, 0.5) is 13.2 Å². The van der Waals surface area contributed by atoms with Gasteiger partial charge in [-0.15, -0.1) is 0 Å². The molecular formula is C19H23F3N4O2. The molecule has 0 radical (unpaired) electrons. The Kier molecular flexibility index (Phi) is 5.62. The van der Waals surface area contributed by atoms with Crippen molar-refractivity contribution in [2.75, 3.05) is 0 Å². The molecule has 3 rings (SSSR count). The molecular weight excluding hydrogens is 373 g/mol. The van der Waals surface area contributed by atoms with Gasteiger partial charge in [0.15, 0.2) is 5.69 Å². The van der Waals surface area contributed by atoms with Gasteiger partial charge in [0.2, 0.25) is 11.8 Å². The van der Waals surface area contributed by atoms with Crippen molar-refractivity contribution in [2.24, 2.45) is 0 Å². The summed E-state index contributed by atoms with van der Waals surface area (Å²) >= 11 is 0. The minimum atomic E-state index is -4.53. The van der Waals surface area contributed by atoms with Crippen LogP contribution in [-0.4, -0.2) is 37.7 Å². The third-order valence-corrected chi connectivity index (χ3v) is 4.37. The highest BCUT2D eigenvalue weighted by Gasteiger charge is 2.36.